The van der Waals surface area contributed by atoms with Gasteiger partial charge in [-0.15, -0.1) is 11.6 Å². The molecule has 0 aromatic heterocycles. The minimum Gasteiger partial charge on any atom is -0.377 e. The van der Waals surface area contributed by atoms with Crippen LogP contribution in [-0.4, -0.2) is 19.5 Å². The molecule has 2 atom stereocenters. The quantitative estimate of drug-likeness (QED) is 0.657. The number of halogens is 4. The zero-order valence-corrected chi connectivity index (χ0v) is 13.5. The fourth-order valence-electron chi connectivity index (χ4n) is 2.16. The van der Waals surface area contributed by atoms with E-state index in [2.05, 4.69) is 0 Å². The molecule has 0 saturated carbocycles. The number of hydrogen-bond acceptors (Lipinski definition) is 1. The Hall–Kier alpha value is -0.340. The predicted molar refractivity (Wildman–Crippen MR) is 86.0 cm³/mol. The first-order chi connectivity index (χ1) is 8.90. The second-order valence-electron chi connectivity index (χ2n) is 4.60. The van der Waals surface area contributed by atoms with Gasteiger partial charge in [0.25, 0.3) is 0 Å². The van der Waals surface area contributed by atoms with Crippen molar-refractivity contribution in [2.24, 2.45) is 0 Å². The fraction of sp³-hybridized carbons (Fsp3) is 0.286. The molecule has 2 unspecified atom stereocenters. The molecule has 0 aliphatic heterocycles. The summed E-state index contributed by atoms with van der Waals surface area (Å²) in [4.78, 5) is 1.99. The average Bonchev–Trinajstić information content (AvgIpc) is 2.29. The van der Waals surface area contributed by atoms with E-state index in [0.717, 1.165) is 11.3 Å². The molecule has 0 amide bonds. The zero-order valence-electron chi connectivity index (χ0n) is 10.5. The number of anilines is 1. The maximum Gasteiger partial charge on any atom is 0.0651 e. The third-order valence-corrected chi connectivity index (χ3v) is 4.21. The van der Waals surface area contributed by atoms with Crippen LogP contribution >= 0.6 is 46.4 Å². The number of hydrogen-bond donors (Lipinski definition) is 0. The summed E-state index contributed by atoms with van der Waals surface area (Å²) in [5.74, 6) is -0.111. The Balaban J connectivity index is 2.51. The smallest absolute Gasteiger partial charge is 0.0651 e. The van der Waals surface area contributed by atoms with E-state index in [0.29, 0.717) is 15.1 Å². The van der Waals surface area contributed by atoms with Crippen LogP contribution < -0.4 is 4.90 Å². The predicted octanol–water partition coefficient (Wildman–Crippen LogP) is 5.36. The number of nitrogens with zero attached hydrogens (tertiary/aromatic N) is 1. The molecule has 102 valence electrons. The van der Waals surface area contributed by atoms with Crippen molar-refractivity contribution < 1.29 is 0 Å². The monoisotopic (exact) mass is 335 g/mol. The molecular formula is C14H13Cl4N. The average molecular weight is 337 g/mol. The van der Waals surface area contributed by atoms with Gasteiger partial charge in [-0.05, 0) is 29.8 Å². The van der Waals surface area contributed by atoms with Crippen LogP contribution in [0.2, 0.25) is 5.02 Å². The Morgan fingerprint density at radius 2 is 1.79 bits per heavy atom. The van der Waals surface area contributed by atoms with Crippen molar-refractivity contribution in [2.45, 2.75) is 11.3 Å². The number of rotatable bonds is 2. The van der Waals surface area contributed by atoms with E-state index in [9.17, 15) is 0 Å². The molecule has 5 heteroatoms. The van der Waals surface area contributed by atoms with E-state index in [1.165, 1.54) is 0 Å². The van der Waals surface area contributed by atoms with E-state index < -0.39 is 0 Å². The van der Waals surface area contributed by atoms with Crippen LogP contribution in [-0.2, 0) is 0 Å². The van der Waals surface area contributed by atoms with Gasteiger partial charge in [-0.1, -0.05) is 40.9 Å². The molecule has 1 aromatic rings. The highest BCUT2D eigenvalue weighted by atomic mass is 35.5. The normalized spacial score (nSPS) is 22.8. The molecule has 1 aliphatic rings. The lowest BCUT2D eigenvalue weighted by atomic mass is 9.90. The summed E-state index contributed by atoms with van der Waals surface area (Å²) >= 11 is 24.7. The van der Waals surface area contributed by atoms with Gasteiger partial charge in [0.05, 0.1) is 5.38 Å². The summed E-state index contributed by atoms with van der Waals surface area (Å²) in [6, 6.07) is 5.71. The minimum atomic E-state index is -0.273. The van der Waals surface area contributed by atoms with E-state index in [4.69, 9.17) is 46.4 Å². The fourth-order valence-corrected chi connectivity index (χ4v) is 3.54. The van der Waals surface area contributed by atoms with Gasteiger partial charge >= 0.3 is 0 Å². The largest absolute Gasteiger partial charge is 0.377 e. The molecule has 19 heavy (non-hydrogen) atoms. The molecule has 1 nitrogen and oxygen atoms in total. The van der Waals surface area contributed by atoms with Gasteiger partial charge in [-0.2, -0.15) is 0 Å². The minimum absolute atomic E-state index is 0.111. The van der Waals surface area contributed by atoms with Crippen molar-refractivity contribution >= 4 is 52.1 Å². The number of allylic oxidation sites excluding steroid dienone is 4. The molecule has 0 saturated heterocycles. The van der Waals surface area contributed by atoms with Crippen LogP contribution in [0.4, 0.5) is 5.69 Å². The van der Waals surface area contributed by atoms with Crippen LogP contribution in [0.25, 0.3) is 0 Å². The van der Waals surface area contributed by atoms with Crippen molar-refractivity contribution in [2.75, 3.05) is 19.0 Å². The Morgan fingerprint density at radius 3 is 2.37 bits per heavy atom. The molecule has 1 aromatic carbocycles. The Labute approximate surface area is 133 Å². The number of benzene rings is 1. The topological polar surface area (TPSA) is 3.24 Å². The highest BCUT2D eigenvalue weighted by Crippen LogP contribution is 2.43. The van der Waals surface area contributed by atoms with Crippen LogP contribution in [0.15, 0.2) is 40.4 Å². The van der Waals surface area contributed by atoms with Crippen molar-refractivity contribution in [1.29, 1.82) is 0 Å². The molecule has 0 spiro atoms. The SMILES string of the molecule is CN(C)c1cc(Cl)ccc1C1C(Cl)=CC(Cl)=CC1Cl. The van der Waals surface area contributed by atoms with Crippen molar-refractivity contribution in [3.05, 3.63) is 51.0 Å². The van der Waals surface area contributed by atoms with Crippen LogP contribution in [0.3, 0.4) is 0 Å². The van der Waals surface area contributed by atoms with Gasteiger partial charge in [0.1, 0.15) is 0 Å². The molecule has 2 rings (SSSR count). The maximum absolute atomic E-state index is 6.39. The third-order valence-electron chi connectivity index (χ3n) is 3.02. The molecule has 0 fully saturated rings. The second-order valence-corrected chi connectivity index (χ2v) is 6.41. The number of alkyl halides is 1. The first kappa shape index (κ1) is 15.1. The van der Waals surface area contributed by atoms with Crippen molar-refractivity contribution in [1.82, 2.24) is 0 Å². The van der Waals surface area contributed by atoms with Gasteiger partial charge in [0.2, 0.25) is 0 Å². The lowest BCUT2D eigenvalue weighted by Gasteiger charge is -2.28. The first-order valence-electron chi connectivity index (χ1n) is 5.75. The highest BCUT2D eigenvalue weighted by Gasteiger charge is 2.29. The van der Waals surface area contributed by atoms with E-state index in [1.807, 2.05) is 37.2 Å². The van der Waals surface area contributed by atoms with Crippen LogP contribution in [0.5, 0.6) is 0 Å². The summed E-state index contributed by atoms with van der Waals surface area (Å²) in [6.45, 7) is 0. The molecule has 1 aliphatic carbocycles. The van der Waals surface area contributed by atoms with Gasteiger partial charge in [0, 0.05) is 40.8 Å². The molecular weight excluding hydrogens is 324 g/mol. The summed E-state index contributed by atoms with van der Waals surface area (Å²) in [5, 5.41) is 1.62. The standard InChI is InChI=1S/C14H13Cl4N/c1-19(2)13-7-8(15)3-4-10(13)14-11(17)5-9(16)6-12(14)18/h3-7,11,14H,1-2H3. The second kappa shape index (κ2) is 5.97. The van der Waals surface area contributed by atoms with Gasteiger partial charge < -0.3 is 4.90 Å². The summed E-state index contributed by atoms with van der Waals surface area (Å²) in [6.07, 6.45) is 3.54. The van der Waals surface area contributed by atoms with Gasteiger partial charge in [0.15, 0.2) is 0 Å². The Bertz CT molecular complexity index is 548. The Kier molecular flexibility index (Phi) is 4.73. The van der Waals surface area contributed by atoms with Gasteiger partial charge in [-0.3, -0.25) is 0 Å². The van der Waals surface area contributed by atoms with E-state index in [1.54, 1.807) is 12.2 Å². The van der Waals surface area contributed by atoms with E-state index in [-0.39, 0.29) is 11.3 Å². The van der Waals surface area contributed by atoms with Crippen molar-refractivity contribution in [3.63, 3.8) is 0 Å². The van der Waals surface area contributed by atoms with E-state index >= 15 is 0 Å². The van der Waals surface area contributed by atoms with Crippen LogP contribution in [0.1, 0.15) is 11.5 Å². The summed E-state index contributed by atoms with van der Waals surface area (Å²) in [5.41, 5.74) is 2.04. The van der Waals surface area contributed by atoms with Gasteiger partial charge in [-0.25, -0.2) is 0 Å². The molecule has 0 radical (unpaired) electrons. The Morgan fingerprint density at radius 1 is 1.11 bits per heavy atom. The zero-order chi connectivity index (χ0) is 14.2. The lowest BCUT2D eigenvalue weighted by Crippen LogP contribution is -2.19. The summed E-state index contributed by atoms with van der Waals surface area (Å²) in [7, 11) is 3.92. The highest BCUT2D eigenvalue weighted by molar-refractivity contribution is 6.37. The summed E-state index contributed by atoms with van der Waals surface area (Å²) < 4.78 is 0. The first-order valence-corrected chi connectivity index (χ1v) is 7.32. The lowest BCUT2D eigenvalue weighted by molar-refractivity contribution is 0.837. The molecule has 0 bridgehead atoms. The maximum atomic E-state index is 6.39. The molecule has 0 heterocycles. The molecule has 0 N–H and O–H groups in total. The third kappa shape index (κ3) is 3.22. The van der Waals surface area contributed by atoms with Crippen LogP contribution in [0, 0.1) is 0 Å². The van der Waals surface area contributed by atoms with Crippen molar-refractivity contribution in [3.8, 4) is 0 Å².